The Morgan fingerprint density at radius 3 is 2.96 bits per heavy atom. The number of nitrogens with zero attached hydrogens (tertiary/aromatic N) is 1. The summed E-state index contributed by atoms with van der Waals surface area (Å²) in [6.07, 6.45) is 4.80. The van der Waals surface area contributed by atoms with Gasteiger partial charge < -0.3 is 15.1 Å². The number of carbonyl (C=O) groups excluding carboxylic acids is 1. The zero-order valence-electron chi connectivity index (χ0n) is 12.6. The van der Waals surface area contributed by atoms with E-state index >= 15 is 0 Å². The number of amides is 1. The van der Waals surface area contributed by atoms with Gasteiger partial charge in [0, 0.05) is 28.0 Å². The molecule has 2 aliphatic rings. The van der Waals surface area contributed by atoms with Crippen LogP contribution in [-0.2, 0) is 0 Å². The summed E-state index contributed by atoms with van der Waals surface area (Å²) in [6.45, 7) is 0. The number of fused-ring (bicyclic) bond motifs is 2. The second-order valence-corrected chi connectivity index (χ2v) is 7.91. The van der Waals surface area contributed by atoms with Crippen LogP contribution < -0.4 is 10.6 Å². The maximum absolute atomic E-state index is 12.3. The van der Waals surface area contributed by atoms with Crippen molar-refractivity contribution >= 4 is 40.9 Å². The van der Waals surface area contributed by atoms with Gasteiger partial charge in [-0.1, -0.05) is 23.2 Å². The summed E-state index contributed by atoms with van der Waals surface area (Å²) >= 11 is 13.3. The van der Waals surface area contributed by atoms with Gasteiger partial charge in [0.15, 0.2) is 5.09 Å². The molecular weight excluding hydrogens is 369 g/mol. The van der Waals surface area contributed by atoms with Crippen molar-refractivity contribution in [1.29, 1.82) is 0 Å². The first kappa shape index (κ1) is 16.3. The molecule has 0 aliphatic carbocycles. The number of hydrogen-bond donors (Lipinski definition) is 2. The first-order valence-corrected chi connectivity index (χ1v) is 9.31. The number of halogens is 2. The number of aromatic nitrogens is 1. The predicted octanol–water partition coefficient (Wildman–Crippen LogP) is 3.76. The highest BCUT2D eigenvalue weighted by Gasteiger charge is 2.40. The number of carbonyl (C=O) groups is 1. The molecule has 0 saturated carbocycles. The molecule has 0 spiro atoms. The first-order chi connectivity index (χ1) is 11.6. The quantitative estimate of drug-likeness (QED) is 0.841. The van der Waals surface area contributed by atoms with E-state index in [1.807, 2.05) is 0 Å². The lowest BCUT2D eigenvalue weighted by Gasteiger charge is -2.20. The molecule has 5 nitrogen and oxygen atoms in total. The highest BCUT2D eigenvalue weighted by atomic mass is 35.5. The number of nitrogens with one attached hydrogen (secondary N) is 2. The van der Waals surface area contributed by atoms with Crippen molar-refractivity contribution in [1.82, 2.24) is 15.6 Å². The molecule has 0 radical (unpaired) electrons. The number of hydrogen-bond acceptors (Lipinski definition) is 5. The van der Waals surface area contributed by atoms with Crippen LogP contribution in [0.15, 0.2) is 38.8 Å². The highest BCUT2D eigenvalue weighted by molar-refractivity contribution is 7.99. The predicted molar refractivity (Wildman–Crippen MR) is 92.9 cm³/mol. The van der Waals surface area contributed by atoms with Gasteiger partial charge in [-0.3, -0.25) is 4.79 Å². The van der Waals surface area contributed by atoms with Gasteiger partial charge in [0.25, 0.3) is 5.89 Å². The minimum atomic E-state index is -0.275. The monoisotopic (exact) mass is 383 g/mol. The maximum atomic E-state index is 12.3. The second-order valence-electron chi connectivity index (χ2n) is 6.02. The SMILES string of the molecule is O=C(N[C@@H]1C[C@H]2CC[C@@H]1N2)c1ncc(Sc2ccc(Cl)cc2Cl)o1. The lowest BCUT2D eigenvalue weighted by molar-refractivity contribution is 0.0890. The smallest absolute Gasteiger partial charge is 0.307 e. The summed E-state index contributed by atoms with van der Waals surface area (Å²) in [4.78, 5) is 17.2. The standard InChI is InChI=1S/C16H15Cl2N3O2S/c17-8-1-4-13(10(18)5-8)24-14-7-19-16(23-14)15(22)21-12-6-9-2-3-11(12)20-9/h1,4-5,7,9,11-12,20H,2-3,6H2,(H,21,22)/t9-,11+,12-/m1/s1. The molecule has 2 fully saturated rings. The van der Waals surface area contributed by atoms with Crippen LogP contribution in [-0.4, -0.2) is 29.0 Å². The Morgan fingerprint density at radius 1 is 1.38 bits per heavy atom. The van der Waals surface area contributed by atoms with Gasteiger partial charge in [-0.2, -0.15) is 0 Å². The molecule has 4 rings (SSSR count). The molecule has 3 atom stereocenters. The molecule has 2 saturated heterocycles. The van der Waals surface area contributed by atoms with E-state index in [9.17, 15) is 4.79 Å². The van der Waals surface area contributed by atoms with Gasteiger partial charge in [0.2, 0.25) is 0 Å². The fraction of sp³-hybridized carbons (Fsp3) is 0.375. The molecule has 1 aromatic heterocycles. The zero-order chi connectivity index (χ0) is 16.7. The van der Waals surface area contributed by atoms with Crippen LogP contribution in [0.1, 0.15) is 29.9 Å². The van der Waals surface area contributed by atoms with Gasteiger partial charge in [-0.05, 0) is 49.2 Å². The van der Waals surface area contributed by atoms with Crippen molar-refractivity contribution in [2.24, 2.45) is 0 Å². The normalized spacial score (nSPS) is 25.2. The van der Waals surface area contributed by atoms with E-state index in [4.69, 9.17) is 27.6 Å². The molecule has 2 bridgehead atoms. The van der Waals surface area contributed by atoms with E-state index < -0.39 is 0 Å². The molecule has 2 aliphatic heterocycles. The molecule has 2 aromatic rings. The van der Waals surface area contributed by atoms with Gasteiger partial charge in [-0.25, -0.2) is 4.98 Å². The molecule has 8 heteroatoms. The summed E-state index contributed by atoms with van der Waals surface area (Å²) < 4.78 is 5.55. The van der Waals surface area contributed by atoms with Gasteiger partial charge in [0.05, 0.1) is 11.2 Å². The van der Waals surface area contributed by atoms with Crippen molar-refractivity contribution in [2.75, 3.05) is 0 Å². The highest BCUT2D eigenvalue weighted by Crippen LogP contribution is 2.35. The van der Waals surface area contributed by atoms with Crippen LogP contribution in [0.4, 0.5) is 0 Å². The third kappa shape index (κ3) is 3.28. The third-order valence-electron chi connectivity index (χ3n) is 4.40. The fourth-order valence-corrected chi connectivity index (χ4v) is 4.55. The maximum Gasteiger partial charge on any atom is 0.307 e. The Hall–Kier alpha value is -1.21. The van der Waals surface area contributed by atoms with E-state index in [2.05, 4.69) is 15.6 Å². The Kier molecular flexibility index (Phi) is 4.47. The Balaban J connectivity index is 1.41. The van der Waals surface area contributed by atoms with E-state index in [0.29, 0.717) is 27.2 Å². The molecule has 2 N–H and O–H groups in total. The van der Waals surface area contributed by atoms with Gasteiger partial charge in [0.1, 0.15) is 0 Å². The van der Waals surface area contributed by atoms with Crippen molar-refractivity contribution in [3.63, 3.8) is 0 Å². The van der Waals surface area contributed by atoms with Crippen LogP contribution in [0.5, 0.6) is 0 Å². The number of oxazole rings is 1. The lowest BCUT2D eigenvalue weighted by Crippen LogP contribution is -2.43. The summed E-state index contributed by atoms with van der Waals surface area (Å²) in [5.41, 5.74) is 0. The average molecular weight is 384 g/mol. The average Bonchev–Trinajstić information content (AvgIpc) is 3.26. The Morgan fingerprint density at radius 2 is 2.25 bits per heavy atom. The van der Waals surface area contributed by atoms with E-state index in [-0.39, 0.29) is 17.8 Å². The summed E-state index contributed by atoms with van der Waals surface area (Å²) in [7, 11) is 0. The second kappa shape index (κ2) is 6.59. The van der Waals surface area contributed by atoms with Crippen LogP contribution in [0.2, 0.25) is 10.0 Å². The third-order valence-corrected chi connectivity index (χ3v) is 6.03. The molecular formula is C16H15Cl2N3O2S. The van der Waals surface area contributed by atoms with Crippen molar-refractivity contribution in [2.45, 2.75) is 47.4 Å². The van der Waals surface area contributed by atoms with Crippen molar-refractivity contribution in [3.8, 4) is 0 Å². The van der Waals surface area contributed by atoms with Crippen LogP contribution in [0, 0.1) is 0 Å². The minimum absolute atomic E-state index is 0.0744. The number of benzene rings is 1. The molecule has 0 unspecified atom stereocenters. The lowest BCUT2D eigenvalue weighted by atomic mass is 9.95. The van der Waals surface area contributed by atoms with Crippen LogP contribution in [0.3, 0.4) is 0 Å². The van der Waals surface area contributed by atoms with E-state index in [1.54, 1.807) is 18.2 Å². The molecule has 1 aromatic carbocycles. The van der Waals surface area contributed by atoms with Gasteiger partial charge >= 0.3 is 5.91 Å². The zero-order valence-corrected chi connectivity index (χ0v) is 14.9. The molecule has 1 amide bonds. The topological polar surface area (TPSA) is 67.2 Å². The summed E-state index contributed by atoms with van der Waals surface area (Å²) in [6, 6.07) is 6.28. The summed E-state index contributed by atoms with van der Waals surface area (Å²) in [5, 5.41) is 8.11. The van der Waals surface area contributed by atoms with Crippen LogP contribution in [0.25, 0.3) is 0 Å². The molecule has 126 valence electrons. The molecule has 3 heterocycles. The van der Waals surface area contributed by atoms with Crippen molar-refractivity contribution < 1.29 is 9.21 Å². The number of rotatable bonds is 4. The molecule has 24 heavy (non-hydrogen) atoms. The minimum Gasteiger partial charge on any atom is -0.425 e. The van der Waals surface area contributed by atoms with Crippen LogP contribution >= 0.6 is 35.0 Å². The Bertz CT molecular complexity index is 782. The van der Waals surface area contributed by atoms with Crippen molar-refractivity contribution in [3.05, 3.63) is 40.3 Å². The fourth-order valence-electron chi connectivity index (χ4n) is 3.29. The van der Waals surface area contributed by atoms with E-state index in [1.165, 1.54) is 24.4 Å². The van der Waals surface area contributed by atoms with E-state index in [0.717, 1.165) is 17.7 Å². The van der Waals surface area contributed by atoms with Gasteiger partial charge in [-0.15, -0.1) is 0 Å². The Labute approximate surface area is 153 Å². The first-order valence-electron chi connectivity index (χ1n) is 7.74. The largest absolute Gasteiger partial charge is 0.425 e. The summed E-state index contributed by atoms with van der Waals surface area (Å²) in [5.74, 6) is -0.200.